The van der Waals surface area contributed by atoms with Crippen molar-refractivity contribution in [3.05, 3.63) is 23.8 Å². The summed E-state index contributed by atoms with van der Waals surface area (Å²) in [4.78, 5) is 0. The first-order valence-corrected chi connectivity index (χ1v) is 9.50. The van der Waals surface area contributed by atoms with Gasteiger partial charge in [0.2, 0.25) is 0 Å². The van der Waals surface area contributed by atoms with Crippen LogP contribution in [0.15, 0.2) is 12.4 Å². The first-order valence-electron chi connectivity index (χ1n) is 9.50. The van der Waals surface area contributed by atoms with E-state index in [1.807, 2.05) is 9.36 Å². The van der Waals surface area contributed by atoms with E-state index in [0.29, 0.717) is 0 Å². The second-order valence-corrected chi connectivity index (χ2v) is 10.7. The summed E-state index contributed by atoms with van der Waals surface area (Å²) in [5.74, 6) is 0. The molecule has 0 atom stereocenters. The fourth-order valence-corrected chi connectivity index (χ4v) is 2.65. The van der Waals surface area contributed by atoms with Crippen molar-refractivity contribution >= 4 is 0 Å². The molecule has 6 nitrogen and oxygen atoms in total. The Morgan fingerprint density at radius 3 is 1.15 bits per heavy atom. The van der Waals surface area contributed by atoms with Crippen molar-refractivity contribution in [1.82, 2.24) is 30.0 Å². The van der Waals surface area contributed by atoms with Gasteiger partial charge in [-0.2, -0.15) is 0 Å². The SMILES string of the molecule is CC(C)(C)c1cn(C(C)(C)CCC(C)(C)n2cc(C(C)(C)C)nn2)nn1. The summed E-state index contributed by atoms with van der Waals surface area (Å²) in [7, 11) is 0. The van der Waals surface area contributed by atoms with Crippen LogP contribution in [0.25, 0.3) is 0 Å². The van der Waals surface area contributed by atoms with Crippen LogP contribution in [0.4, 0.5) is 0 Å². The van der Waals surface area contributed by atoms with E-state index in [1.165, 1.54) is 0 Å². The molecule has 0 fully saturated rings. The van der Waals surface area contributed by atoms with Gasteiger partial charge in [0.05, 0.1) is 22.5 Å². The van der Waals surface area contributed by atoms with Gasteiger partial charge in [0, 0.05) is 23.2 Å². The van der Waals surface area contributed by atoms with Gasteiger partial charge in [-0.1, -0.05) is 52.0 Å². The topological polar surface area (TPSA) is 61.4 Å². The van der Waals surface area contributed by atoms with Gasteiger partial charge in [0.25, 0.3) is 0 Å². The zero-order valence-electron chi connectivity index (χ0n) is 18.3. The summed E-state index contributed by atoms with van der Waals surface area (Å²) >= 11 is 0. The first kappa shape index (κ1) is 20.6. The molecule has 26 heavy (non-hydrogen) atoms. The Hall–Kier alpha value is -1.72. The fraction of sp³-hybridized carbons (Fsp3) is 0.800. The molecule has 0 aliphatic heterocycles. The van der Waals surface area contributed by atoms with E-state index in [-0.39, 0.29) is 21.9 Å². The summed E-state index contributed by atoms with van der Waals surface area (Å²) in [6.45, 7) is 21.8. The molecule has 6 heteroatoms. The van der Waals surface area contributed by atoms with Crippen LogP contribution in [-0.2, 0) is 21.9 Å². The highest BCUT2D eigenvalue weighted by atomic mass is 15.5. The molecule has 0 saturated carbocycles. The van der Waals surface area contributed by atoms with Crippen LogP contribution in [0.5, 0.6) is 0 Å². The van der Waals surface area contributed by atoms with Crippen LogP contribution in [0.1, 0.15) is 93.5 Å². The Bertz CT molecular complexity index is 673. The molecule has 0 aliphatic rings. The lowest BCUT2D eigenvalue weighted by Gasteiger charge is -2.31. The molecule has 0 amide bonds. The lowest BCUT2D eigenvalue weighted by atomic mass is 9.88. The second-order valence-electron chi connectivity index (χ2n) is 10.7. The molecule has 146 valence electrons. The molecular weight excluding hydrogens is 324 g/mol. The molecule has 0 saturated heterocycles. The second kappa shape index (κ2) is 6.46. The summed E-state index contributed by atoms with van der Waals surface area (Å²) in [6, 6.07) is 0. The summed E-state index contributed by atoms with van der Waals surface area (Å²) in [5, 5.41) is 17.5. The predicted molar refractivity (Wildman–Crippen MR) is 105 cm³/mol. The molecule has 0 radical (unpaired) electrons. The highest BCUT2D eigenvalue weighted by Crippen LogP contribution is 2.31. The Morgan fingerprint density at radius 2 is 0.923 bits per heavy atom. The average Bonchev–Trinajstić information content (AvgIpc) is 3.13. The van der Waals surface area contributed by atoms with Crippen molar-refractivity contribution in [2.24, 2.45) is 0 Å². The van der Waals surface area contributed by atoms with Crippen LogP contribution in [0.3, 0.4) is 0 Å². The van der Waals surface area contributed by atoms with E-state index < -0.39 is 0 Å². The molecule has 2 aromatic rings. The van der Waals surface area contributed by atoms with Gasteiger partial charge in [-0.15, -0.1) is 10.2 Å². The summed E-state index contributed by atoms with van der Waals surface area (Å²) in [5.41, 5.74) is 1.85. The Labute approximate surface area is 158 Å². The van der Waals surface area contributed by atoms with E-state index >= 15 is 0 Å². The third-order valence-electron chi connectivity index (χ3n) is 5.11. The molecule has 2 rings (SSSR count). The molecule has 2 aromatic heterocycles. The highest BCUT2D eigenvalue weighted by molar-refractivity contribution is 5.08. The molecule has 0 aliphatic carbocycles. The molecule has 0 aromatic carbocycles. The third kappa shape index (κ3) is 4.51. The number of nitrogens with zero attached hydrogens (tertiary/aromatic N) is 6. The van der Waals surface area contributed by atoms with Crippen LogP contribution in [-0.4, -0.2) is 30.0 Å². The molecule has 0 bridgehead atoms. The van der Waals surface area contributed by atoms with Crippen molar-refractivity contribution in [3.8, 4) is 0 Å². The number of hydrogen-bond donors (Lipinski definition) is 0. The zero-order valence-corrected chi connectivity index (χ0v) is 18.3. The van der Waals surface area contributed by atoms with Gasteiger partial charge in [-0.3, -0.25) is 0 Å². The molecule has 0 N–H and O–H groups in total. The van der Waals surface area contributed by atoms with Crippen LogP contribution < -0.4 is 0 Å². The van der Waals surface area contributed by atoms with E-state index in [2.05, 4.69) is 102 Å². The van der Waals surface area contributed by atoms with Crippen molar-refractivity contribution in [3.63, 3.8) is 0 Å². The monoisotopic (exact) mass is 360 g/mol. The van der Waals surface area contributed by atoms with Gasteiger partial charge in [-0.25, -0.2) is 9.36 Å². The van der Waals surface area contributed by atoms with Crippen molar-refractivity contribution in [2.75, 3.05) is 0 Å². The van der Waals surface area contributed by atoms with E-state index in [0.717, 1.165) is 24.2 Å². The van der Waals surface area contributed by atoms with Gasteiger partial charge in [0.1, 0.15) is 0 Å². The standard InChI is InChI=1S/C20H36N6/c1-17(2,3)15-13-25(23-21-15)19(7,8)11-12-20(9,10)26-14-16(22-24-26)18(4,5)6/h13-14H,11-12H2,1-10H3. The minimum atomic E-state index is -0.110. The maximum atomic E-state index is 4.40. The lowest BCUT2D eigenvalue weighted by molar-refractivity contribution is 0.209. The maximum Gasteiger partial charge on any atom is 0.0880 e. The Balaban J connectivity index is 2.12. The van der Waals surface area contributed by atoms with Crippen LogP contribution >= 0.6 is 0 Å². The first-order chi connectivity index (χ1) is 11.6. The van der Waals surface area contributed by atoms with Crippen LogP contribution in [0.2, 0.25) is 0 Å². The van der Waals surface area contributed by atoms with E-state index in [4.69, 9.17) is 0 Å². The number of hydrogen-bond acceptors (Lipinski definition) is 4. The van der Waals surface area contributed by atoms with Crippen molar-refractivity contribution in [2.45, 2.75) is 104 Å². The number of rotatable bonds is 5. The summed E-state index contributed by atoms with van der Waals surface area (Å²) < 4.78 is 4.01. The van der Waals surface area contributed by atoms with Gasteiger partial charge < -0.3 is 0 Å². The fourth-order valence-electron chi connectivity index (χ4n) is 2.65. The largest absolute Gasteiger partial charge is 0.247 e. The average molecular weight is 361 g/mol. The quantitative estimate of drug-likeness (QED) is 0.792. The lowest BCUT2D eigenvalue weighted by Crippen LogP contribution is -2.33. The Kier molecular flexibility index (Phi) is 5.12. The smallest absolute Gasteiger partial charge is 0.0880 e. The van der Waals surface area contributed by atoms with Gasteiger partial charge >= 0.3 is 0 Å². The molecular formula is C20H36N6. The minimum Gasteiger partial charge on any atom is -0.247 e. The van der Waals surface area contributed by atoms with Crippen molar-refractivity contribution in [1.29, 1.82) is 0 Å². The van der Waals surface area contributed by atoms with Gasteiger partial charge in [-0.05, 0) is 40.5 Å². The van der Waals surface area contributed by atoms with E-state index in [9.17, 15) is 0 Å². The highest BCUT2D eigenvalue weighted by Gasteiger charge is 2.31. The van der Waals surface area contributed by atoms with E-state index in [1.54, 1.807) is 0 Å². The molecule has 0 spiro atoms. The third-order valence-corrected chi connectivity index (χ3v) is 5.11. The molecule has 2 heterocycles. The van der Waals surface area contributed by atoms with Crippen LogP contribution in [0, 0.1) is 0 Å². The van der Waals surface area contributed by atoms with Gasteiger partial charge in [0.15, 0.2) is 0 Å². The summed E-state index contributed by atoms with van der Waals surface area (Å²) in [6.07, 6.45) is 6.11. The molecule has 0 unspecified atom stereocenters. The Morgan fingerprint density at radius 1 is 0.615 bits per heavy atom. The number of aromatic nitrogens is 6. The maximum absolute atomic E-state index is 4.40. The van der Waals surface area contributed by atoms with Crippen molar-refractivity contribution < 1.29 is 0 Å². The zero-order chi connectivity index (χ0) is 20.0. The normalized spacial score (nSPS) is 14.1. The predicted octanol–water partition coefficient (Wildman–Crippen LogP) is 4.42. The minimum absolute atomic E-state index is 0.0116.